The van der Waals surface area contributed by atoms with Gasteiger partial charge in [0.15, 0.2) is 4.96 Å². The van der Waals surface area contributed by atoms with Crippen LogP contribution in [0.4, 0.5) is 0 Å². The van der Waals surface area contributed by atoms with Crippen molar-refractivity contribution in [2.45, 2.75) is 19.4 Å². The van der Waals surface area contributed by atoms with Crippen LogP contribution in [-0.4, -0.2) is 15.4 Å². The van der Waals surface area contributed by atoms with E-state index in [1.807, 2.05) is 66.7 Å². The van der Waals surface area contributed by atoms with E-state index in [0.29, 0.717) is 17.1 Å². The van der Waals surface area contributed by atoms with Crippen molar-refractivity contribution in [2.75, 3.05) is 0 Å². The normalized spacial score (nSPS) is 11.2. The van der Waals surface area contributed by atoms with Crippen LogP contribution in [-0.2, 0) is 22.6 Å². The maximum atomic E-state index is 12.5. The topological polar surface area (TPSA) is 73.8 Å². The van der Waals surface area contributed by atoms with E-state index in [4.69, 9.17) is 9.15 Å². The second-order valence-corrected chi connectivity index (χ2v) is 8.08. The number of thiazole rings is 1. The third kappa shape index (κ3) is 4.00. The second-order valence-electron chi connectivity index (χ2n) is 7.07. The number of aryl methyl sites for hydroxylation is 1. The predicted octanol–water partition coefficient (Wildman–Crippen LogP) is 4.85. The molecule has 6 nitrogen and oxygen atoms in total. The van der Waals surface area contributed by atoms with Gasteiger partial charge in [0.2, 0.25) is 0 Å². The van der Waals surface area contributed by atoms with Crippen molar-refractivity contribution < 1.29 is 13.9 Å². The highest BCUT2D eigenvalue weighted by molar-refractivity contribution is 7.23. The Labute approximate surface area is 181 Å². The van der Waals surface area contributed by atoms with Crippen LogP contribution < -0.4 is 5.56 Å². The standard InChI is InChI=1S/C24H18N2O4S/c27-22-14-17(25-24-26(22)19-8-4-5-9-21(19)31-24)15-29-23(28)13-11-18-10-12-20(30-18)16-6-2-1-3-7-16/h1-10,12,14H,11,13,15H2. The highest BCUT2D eigenvalue weighted by atomic mass is 32.1. The summed E-state index contributed by atoms with van der Waals surface area (Å²) >= 11 is 1.43. The molecule has 0 aliphatic rings. The van der Waals surface area contributed by atoms with E-state index in [1.165, 1.54) is 17.4 Å². The van der Waals surface area contributed by atoms with Crippen molar-refractivity contribution in [3.8, 4) is 11.3 Å². The number of carbonyl (C=O) groups excluding carboxylic acids is 1. The molecule has 3 heterocycles. The SMILES string of the molecule is O=C(CCc1ccc(-c2ccccc2)o1)OCc1cc(=O)n2c(n1)sc1ccccc12. The molecule has 3 aromatic heterocycles. The summed E-state index contributed by atoms with van der Waals surface area (Å²) < 4.78 is 13.7. The number of nitrogens with zero attached hydrogens (tertiary/aromatic N) is 2. The number of ether oxygens (including phenoxy) is 1. The number of hydrogen-bond acceptors (Lipinski definition) is 6. The van der Waals surface area contributed by atoms with Crippen molar-refractivity contribution in [1.82, 2.24) is 9.38 Å². The Balaban J connectivity index is 1.22. The van der Waals surface area contributed by atoms with Gasteiger partial charge >= 0.3 is 5.97 Å². The van der Waals surface area contributed by atoms with Crippen molar-refractivity contribution in [1.29, 1.82) is 0 Å². The molecule has 0 aliphatic carbocycles. The number of hydrogen-bond donors (Lipinski definition) is 0. The average molecular weight is 430 g/mol. The first-order chi connectivity index (χ1) is 15.2. The highest BCUT2D eigenvalue weighted by Gasteiger charge is 2.12. The molecule has 5 aromatic rings. The first-order valence-corrected chi connectivity index (χ1v) is 10.7. The minimum atomic E-state index is -0.365. The van der Waals surface area contributed by atoms with Crippen LogP contribution in [0.2, 0.25) is 0 Å². The summed E-state index contributed by atoms with van der Waals surface area (Å²) in [6.45, 7) is -0.0355. The molecule has 154 valence electrons. The van der Waals surface area contributed by atoms with Gasteiger partial charge in [-0.15, -0.1) is 0 Å². The van der Waals surface area contributed by atoms with Crippen LogP contribution in [0.25, 0.3) is 26.5 Å². The average Bonchev–Trinajstić information content (AvgIpc) is 3.41. The van der Waals surface area contributed by atoms with Gasteiger partial charge < -0.3 is 9.15 Å². The minimum Gasteiger partial charge on any atom is -0.461 e. The summed E-state index contributed by atoms with van der Waals surface area (Å²) in [4.78, 5) is 29.8. The Morgan fingerprint density at radius 2 is 1.84 bits per heavy atom. The lowest BCUT2D eigenvalue weighted by Gasteiger charge is -2.04. The number of rotatable bonds is 6. The van der Waals surface area contributed by atoms with Gasteiger partial charge in [-0.1, -0.05) is 53.8 Å². The van der Waals surface area contributed by atoms with E-state index in [2.05, 4.69) is 4.98 Å². The molecule has 0 saturated heterocycles. The van der Waals surface area contributed by atoms with Crippen molar-refractivity contribution >= 4 is 32.5 Å². The van der Waals surface area contributed by atoms with Crippen LogP contribution in [0, 0.1) is 0 Å². The smallest absolute Gasteiger partial charge is 0.306 e. The van der Waals surface area contributed by atoms with Gasteiger partial charge in [-0.3, -0.25) is 14.0 Å². The van der Waals surface area contributed by atoms with Gasteiger partial charge in [0, 0.05) is 18.1 Å². The quantitative estimate of drug-likeness (QED) is 0.360. The van der Waals surface area contributed by atoms with Crippen molar-refractivity contribution in [2.24, 2.45) is 0 Å². The monoisotopic (exact) mass is 430 g/mol. The van der Waals surface area contributed by atoms with Crippen LogP contribution in [0.3, 0.4) is 0 Å². The zero-order valence-electron chi connectivity index (χ0n) is 16.5. The van der Waals surface area contributed by atoms with Crippen LogP contribution >= 0.6 is 11.3 Å². The lowest BCUT2D eigenvalue weighted by molar-refractivity contribution is -0.145. The number of aromatic nitrogens is 2. The number of fused-ring (bicyclic) bond motifs is 3. The molecule has 0 aliphatic heterocycles. The highest BCUT2D eigenvalue weighted by Crippen LogP contribution is 2.24. The predicted molar refractivity (Wildman–Crippen MR) is 119 cm³/mol. The molecule has 0 amide bonds. The van der Waals surface area contributed by atoms with E-state index in [-0.39, 0.29) is 24.6 Å². The molecular weight excluding hydrogens is 412 g/mol. The molecule has 0 bridgehead atoms. The fourth-order valence-corrected chi connectivity index (χ4v) is 4.47. The van der Waals surface area contributed by atoms with E-state index >= 15 is 0 Å². The summed E-state index contributed by atoms with van der Waals surface area (Å²) in [5.41, 5.74) is 2.08. The van der Waals surface area contributed by atoms with E-state index < -0.39 is 0 Å². The van der Waals surface area contributed by atoms with Crippen LogP contribution in [0.1, 0.15) is 17.9 Å². The van der Waals surface area contributed by atoms with E-state index in [0.717, 1.165) is 27.3 Å². The Bertz CT molecular complexity index is 1430. The molecule has 7 heteroatoms. The third-order valence-corrected chi connectivity index (χ3v) is 5.95. The zero-order valence-corrected chi connectivity index (χ0v) is 17.3. The maximum absolute atomic E-state index is 12.5. The minimum absolute atomic E-state index is 0.0355. The Hall–Kier alpha value is -3.71. The summed E-state index contributed by atoms with van der Waals surface area (Å²) in [6, 6.07) is 22.6. The lowest BCUT2D eigenvalue weighted by Crippen LogP contribution is -2.15. The van der Waals surface area contributed by atoms with E-state index in [1.54, 1.807) is 4.40 Å². The molecule has 0 fully saturated rings. The van der Waals surface area contributed by atoms with Crippen molar-refractivity contribution in [3.05, 3.63) is 94.6 Å². The molecule has 0 spiro atoms. The van der Waals surface area contributed by atoms with Crippen LogP contribution in [0.5, 0.6) is 0 Å². The molecule has 0 atom stereocenters. The third-order valence-electron chi connectivity index (χ3n) is 4.92. The first-order valence-electron chi connectivity index (χ1n) is 9.87. The molecule has 0 radical (unpaired) electrons. The maximum Gasteiger partial charge on any atom is 0.306 e. The summed E-state index contributed by atoms with van der Waals surface area (Å²) in [6.07, 6.45) is 0.628. The summed E-state index contributed by atoms with van der Waals surface area (Å²) in [5, 5.41) is 0. The van der Waals surface area contributed by atoms with Crippen molar-refractivity contribution in [3.63, 3.8) is 0 Å². The first kappa shape index (κ1) is 19.3. The largest absolute Gasteiger partial charge is 0.461 e. The number of carbonyl (C=O) groups is 1. The summed E-state index contributed by atoms with van der Waals surface area (Å²) in [5.74, 6) is 1.13. The number of para-hydroxylation sites is 1. The molecule has 5 rings (SSSR count). The summed E-state index contributed by atoms with van der Waals surface area (Å²) in [7, 11) is 0. The molecule has 2 aromatic carbocycles. The Kier molecular flexibility index (Phi) is 5.09. The Morgan fingerprint density at radius 1 is 1.03 bits per heavy atom. The lowest BCUT2D eigenvalue weighted by atomic mass is 10.2. The van der Waals surface area contributed by atoms with Gasteiger partial charge in [-0.2, -0.15) is 0 Å². The number of furan rings is 1. The molecular formula is C24H18N2O4S. The molecule has 0 unspecified atom stereocenters. The van der Waals surface area contributed by atoms with Gasteiger partial charge in [-0.25, -0.2) is 4.98 Å². The van der Waals surface area contributed by atoms with Gasteiger partial charge in [0.25, 0.3) is 5.56 Å². The Morgan fingerprint density at radius 3 is 2.71 bits per heavy atom. The van der Waals surface area contributed by atoms with Crippen LogP contribution in [0.15, 0.2) is 82.0 Å². The molecule has 31 heavy (non-hydrogen) atoms. The fraction of sp³-hybridized carbons (Fsp3) is 0.125. The second kappa shape index (κ2) is 8.20. The number of esters is 1. The molecule has 0 saturated carbocycles. The van der Waals surface area contributed by atoms with Gasteiger partial charge in [0.1, 0.15) is 18.1 Å². The van der Waals surface area contributed by atoms with E-state index in [9.17, 15) is 9.59 Å². The molecule has 0 N–H and O–H groups in total. The van der Waals surface area contributed by atoms with Gasteiger partial charge in [0.05, 0.1) is 22.3 Å². The fourth-order valence-electron chi connectivity index (χ4n) is 3.42. The van der Waals surface area contributed by atoms with Gasteiger partial charge in [-0.05, 0) is 24.3 Å². The number of benzene rings is 2. The zero-order chi connectivity index (χ0) is 21.2.